The molecule has 1 heterocycles. The maximum Gasteiger partial charge on any atom is 1.00 e. The van der Waals surface area contributed by atoms with Gasteiger partial charge in [-0.3, -0.25) is 4.79 Å². The summed E-state index contributed by atoms with van der Waals surface area (Å²) in [6.45, 7) is 4.18. The largest absolute Gasteiger partial charge is 1.00 e. The van der Waals surface area contributed by atoms with Gasteiger partial charge in [0.25, 0.3) is 0 Å². The summed E-state index contributed by atoms with van der Waals surface area (Å²) >= 11 is 0. The Morgan fingerprint density at radius 1 is 1.47 bits per heavy atom. The molecule has 0 saturated heterocycles. The molecule has 15 heavy (non-hydrogen) atoms. The topological polar surface area (TPSA) is 20.3 Å². The number of hydrogen-bond donors (Lipinski definition) is 0. The molecule has 0 saturated carbocycles. The SMILES string of the molecule is [B]C1Cc2ccccc2N(C[CH2-])C1=O.[K+]. The average Bonchev–Trinajstić information content (AvgIpc) is 2.20. The fourth-order valence-corrected chi connectivity index (χ4v) is 1.82. The Labute approximate surface area is 134 Å². The smallest absolute Gasteiger partial charge is 0.343 e. The first-order chi connectivity index (χ1) is 6.74. The van der Waals surface area contributed by atoms with Crippen molar-refractivity contribution < 1.29 is 56.2 Å². The number of benzene rings is 1. The summed E-state index contributed by atoms with van der Waals surface area (Å²) in [7, 11) is 5.74. The van der Waals surface area contributed by atoms with Gasteiger partial charge in [-0.15, -0.1) is 6.54 Å². The van der Waals surface area contributed by atoms with Crippen molar-refractivity contribution in [3.05, 3.63) is 36.8 Å². The molecule has 1 aromatic rings. The summed E-state index contributed by atoms with van der Waals surface area (Å²) in [5.74, 6) is -0.439. The van der Waals surface area contributed by atoms with E-state index in [-0.39, 0.29) is 57.3 Å². The molecule has 1 aliphatic rings. The monoisotopic (exact) mass is 223 g/mol. The number of amides is 1. The Hall–Kier alpha value is 0.391. The van der Waals surface area contributed by atoms with Crippen LogP contribution in [-0.4, -0.2) is 20.3 Å². The molecule has 2 rings (SSSR count). The molecule has 0 spiro atoms. The second kappa shape index (κ2) is 5.64. The van der Waals surface area contributed by atoms with Crippen LogP contribution in [0.1, 0.15) is 5.56 Å². The molecule has 4 heteroatoms. The number of anilines is 1. The van der Waals surface area contributed by atoms with Gasteiger partial charge in [0, 0.05) is 11.5 Å². The van der Waals surface area contributed by atoms with Crippen molar-refractivity contribution in [2.24, 2.45) is 0 Å². The van der Waals surface area contributed by atoms with E-state index in [9.17, 15) is 4.79 Å². The van der Waals surface area contributed by atoms with Crippen LogP contribution in [0.4, 0.5) is 5.69 Å². The van der Waals surface area contributed by atoms with Gasteiger partial charge in [-0.05, 0) is 18.1 Å². The van der Waals surface area contributed by atoms with E-state index in [0.717, 1.165) is 11.3 Å². The Balaban J connectivity index is 0.00000112. The van der Waals surface area contributed by atoms with E-state index in [2.05, 4.69) is 6.92 Å². The van der Waals surface area contributed by atoms with Crippen LogP contribution in [0.15, 0.2) is 24.3 Å². The minimum Gasteiger partial charge on any atom is -0.343 e. The van der Waals surface area contributed by atoms with E-state index in [0.29, 0.717) is 13.0 Å². The Morgan fingerprint density at radius 2 is 2.13 bits per heavy atom. The van der Waals surface area contributed by atoms with E-state index in [1.807, 2.05) is 24.3 Å². The van der Waals surface area contributed by atoms with Crippen LogP contribution in [0.2, 0.25) is 5.82 Å². The molecule has 0 aliphatic carbocycles. The van der Waals surface area contributed by atoms with Crippen LogP contribution in [-0.2, 0) is 11.2 Å². The van der Waals surface area contributed by atoms with Crippen molar-refractivity contribution in [2.45, 2.75) is 12.2 Å². The molecule has 1 amide bonds. The van der Waals surface area contributed by atoms with Crippen molar-refractivity contribution in [2.75, 3.05) is 11.4 Å². The molecule has 2 nitrogen and oxygen atoms in total. The van der Waals surface area contributed by atoms with Gasteiger partial charge in [-0.25, -0.2) is 0 Å². The average molecular weight is 223 g/mol. The van der Waals surface area contributed by atoms with Crippen LogP contribution in [0.3, 0.4) is 0 Å². The molecular weight excluding hydrogens is 212 g/mol. The summed E-state index contributed by atoms with van der Waals surface area (Å²) < 4.78 is 0. The summed E-state index contributed by atoms with van der Waals surface area (Å²) in [5.41, 5.74) is 2.08. The molecule has 0 N–H and O–H groups in total. The van der Waals surface area contributed by atoms with E-state index in [1.165, 1.54) is 0 Å². The first-order valence-corrected chi connectivity index (χ1v) is 4.68. The van der Waals surface area contributed by atoms with Crippen molar-refractivity contribution in [3.8, 4) is 0 Å². The number of carbonyl (C=O) groups excluding carboxylic acids is 1. The summed E-state index contributed by atoms with van der Waals surface area (Å²) in [6.07, 6.45) is 0.630. The molecule has 0 bridgehead atoms. The van der Waals surface area contributed by atoms with Gasteiger partial charge in [0.2, 0.25) is 5.91 Å². The third kappa shape index (κ3) is 2.56. The van der Waals surface area contributed by atoms with Crippen molar-refractivity contribution in [3.63, 3.8) is 0 Å². The van der Waals surface area contributed by atoms with Crippen molar-refractivity contribution in [1.82, 2.24) is 0 Å². The molecule has 70 valence electrons. The number of fused-ring (bicyclic) bond motifs is 1. The molecule has 1 unspecified atom stereocenters. The minimum absolute atomic E-state index is 0. The third-order valence-electron chi connectivity index (χ3n) is 2.53. The van der Waals surface area contributed by atoms with Gasteiger partial charge in [-0.1, -0.05) is 18.2 Å². The molecule has 0 aromatic heterocycles. The fourth-order valence-electron chi connectivity index (χ4n) is 1.82. The first kappa shape index (κ1) is 13.5. The predicted octanol–water partition coefficient (Wildman–Crippen LogP) is -1.63. The third-order valence-corrected chi connectivity index (χ3v) is 2.53. The Kier molecular flexibility index (Phi) is 5.06. The Bertz CT molecular complexity index is 369. The predicted molar refractivity (Wildman–Crippen MR) is 57.4 cm³/mol. The quantitative estimate of drug-likeness (QED) is 0.413. The number of rotatable bonds is 1. The number of para-hydroxylation sites is 1. The second-order valence-electron chi connectivity index (χ2n) is 3.43. The first-order valence-electron chi connectivity index (χ1n) is 4.68. The molecular formula is C11H11BKNO. The van der Waals surface area contributed by atoms with Gasteiger partial charge in [0.15, 0.2) is 0 Å². The molecule has 1 atom stereocenters. The molecule has 0 fully saturated rings. The number of nitrogens with zero attached hydrogens (tertiary/aromatic N) is 1. The zero-order valence-corrected chi connectivity index (χ0v) is 12.1. The van der Waals surface area contributed by atoms with E-state index in [4.69, 9.17) is 7.85 Å². The van der Waals surface area contributed by atoms with Gasteiger partial charge in [0.1, 0.15) is 0 Å². The minimum atomic E-state index is -0.411. The molecule has 1 aliphatic heterocycles. The zero-order chi connectivity index (χ0) is 10.1. The van der Waals surface area contributed by atoms with Crippen LogP contribution in [0.25, 0.3) is 0 Å². The number of carbonyl (C=O) groups is 1. The van der Waals surface area contributed by atoms with Crippen molar-refractivity contribution in [1.29, 1.82) is 0 Å². The van der Waals surface area contributed by atoms with Crippen LogP contribution in [0, 0.1) is 6.92 Å². The van der Waals surface area contributed by atoms with Crippen LogP contribution in [0.5, 0.6) is 0 Å². The van der Waals surface area contributed by atoms with Gasteiger partial charge < -0.3 is 11.8 Å². The maximum absolute atomic E-state index is 11.7. The van der Waals surface area contributed by atoms with Crippen LogP contribution >= 0.6 is 0 Å². The second-order valence-corrected chi connectivity index (χ2v) is 3.43. The summed E-state index contributed by atoms with van der Waals surface area (Å²) in [5, 5.41) is 0. The maximum atomic E-state index is 11.7. The molecule has 2 radical (unpaired) electrons. The standard InChI is InChI=1S/C11H11BNO.K/c1-2-13-10-6-4-3-5-8(10)7-9(12)11(13)14;/h3-6,9H,1-2,7H2;/q-1;+1. The van der Waals surface area contributed by atoms with Gasteiger partial charge in [0.05, 0.1) is 7.85 Å². The molecule has 1 aromatic carbocycles. The van der Waals surface area contributed by atoms with Gasteiger partial charge >= 0.3 is 51.4 Å². The zero-order valence-electron chi connectivity index (χ0n) is 8.94. The van der Waals surface area contributed by atoms with Crippen molar-refractivity contribution >= 4 is 19.4 Å². The van der Waals surface area contributed by atoms with E-state index < -0.39 is 5.82 Å². The fraction of sp³-hybridized carbons (Fsp3) is 0.273. The number of hydrogen-bond acceptors (Lipinski definition) is 1. The van der Waals surface area contributed by atoms with Crippen LogP contribution < -0.4 is 56.3 Å². The summed E-state index contributed by atoms with van der Waals surface area (Å²) in [4.78, 5) is 13.3. The Morgan fingerprint density at radius 3 is 2.80 bits per heavy atom. The normalized spacial score (nSPS) is 19.4. The summed E-state index contributed by atoms with van der Waals surface area (Å²) in [6, 6.07) is 7.82. The van der Waals surface area contributed by atoms with E-state index in [1.54, 1.807) is 4.90 Å². The van der Waals surface area contributed by atoms with E-state index >= 15 is 0 Å². The van der Waals surface area contributed by atoms with Gasteiger partial charge in [-0.2, -0.15) is 0 Å².